The molecule has 37 heavy (non-hydrogen) atoms. The molecule has 2 aliphatic heterocycles. The molecule has 2 unspecified atom stereocenters. The Balaban J connectivity index is 1.41. The molecule has 0 radical (unpaired) electrons. The van der Waals surface area contributed by atoms with Crippen molar-refractivity contribution in [1.29, 1.82) is 0 Å². The van der Waals surface area contributed by atoms with Crippen LogP contribution in [-0.2, 0) is 19.3 Å². The van der Waals surface area contributed by atoms with E-state index < -0.39 is 0 Å². The Morgan fingerprint density at radius 2 is 1.70 bits per heavy atom. The normalized spacial score (nSPS) is 19.7. The third kappa shape index (κ3) is 3.18. The van der Waals surface area contributed by atoms with Crippen molar-refractivity contribution in [1.82, 2.24) is 4.98 Å². The molecule has 0 saturated heterocycles. The van der Waals surface area contributed by atoms with Gasteiger partial charge in [0.1, 0.15) is 11.3 Å². The van der Waals surface area contributed by atoms with Gasteiger partial charge in [-0.3, -0.25) is 4.98 Å². The van der Waals surface area contributed by atoms with Gasteiger partial charge >= 0.3 is 0 Å². The maximum atomic E-state index is 6.69. The van der Waals surface area contributed by atoms with Gasteiger partial charge in [-0.2, -0.15) is 9.13 Å². The number of aryl methyl sites for hydroxylation is 2. The van der Waals surface area contributed by atoms with Crippen LogP contribution in [0, 0.1) is 0 Å². The van der Waals surface area contributed by atoms with Crippen molar-refractivity contribution < 1.29 is 13.6 Å². The first kappa shape index (κ1) is 21.1. The molecular weight excluding hydrogens is 454 g/mol. The van der Waals surface area contributed by atoms with Crippen LogP contribution >= 0.6 is 0 Å². The molecular formula is C33H29N3O+2. The zero-order valence-electron chi connectivity index (χ0n) is 20.8. The number of fused-ring (bicyclic) bond motifs is 13. The van der Waals surface area contributed by atoms with E-state index in [0.29, 0.717) is 5.92 Å². The third-order valence-electron chi connectivity index (χ3n) is 8.63. The van der Waals surface area contributed by atoms with Gasteiger partial charge in [0.05, 0.1) is 18.0 Å². The highest BCUT2D eigenvalue weighted by Crippen LogP contribution is 2.44. The number of rotatable bonds is 0. The summed E-state index contributed by atoms with van der Waals surface area (Å²) in [5.74, 6) is 1.52. The van der Waals surface area contributed by atoms with Crippen LogP contribution < -0.4 is 9.13 Å². The first-order chi connectivity index (χ1) is 18.4. The van der Waals surface area contributed by atoms with Gasteiger partial charge in [0, 0.05) is 53.4 Å². The highest BCUT2D eigenvalue weighted by atomic mass is 16.3. The summed E-state index contributed by atoms with van der Waals surface area (Å²) < 4.78 is 11.4. The van der Waals surface area contributed by atoms with E-state index in [1.165, 1.54) is 40.6 Å². The summed E-state index contributed by atoms with van der Waals surface area (Å²) in [6.45, 7) is 0. The summed E-state index contributed by atoms with van der Waals surface area (Å²) in [5.41, 5.74) is 9.84. The average molecular weight is 484 g/mol. The number of aromatic nitrogens is 3. The number of allylic oxidation sites excluding steroid dienone is 1. The maximum Gasteiger partial charge on any atom is 0.223 e. The Bertz CT molecular complexity index is 1710. The predicted octanol–water partition coefficient (Wildman–Crippen LogP) is 6.37. The number of furan rings is 1. The van der Waals surface area contributed by atoms with Crippen molar-refractivity contribution in [2.75, 3.05) is 0 Å². The Morgan fingerprint density at radius 1 is 0.865 bits per heavy atom. The quantitative estimate of drug-likeness (QED) is 0.240. The molecule has 0 bridgehead atoms. The molecule has 0 amide bonds. The van der Waals surface area contributed by atoms with E-state index in [1.54, 1.807) is 0 Å². The molecule has 0 spiro atoms. The molecule has 1 aliphatic carbocycles. The smallest absolute Gasteiger partial charge is 0.223 e. The summed E-state index contributed by atoms with van der Waals surface area (Å²) in [5, 5.41) is 1.20. The fourth-order valence-electron chi connectivity index (χ4n) is 6.94. The molecule has 6 heterocycles. The van der Waals surface area contributed by atoms with E-state index in [1.807, 2.05) is 0 Å². The molecule has 1 aromatic carbocycles. The maximum absolute atomic E-state index is 6.69. The topological polar surface area (TPSA) is 33.8 Å². The van der Waals surface area contributed by atoms with Crippen molar-refractivity contribution >= 4 is 17.2 Å². The molecule has 0 saturated carbocycles. The van der Waals surface area contributed by atoms with E-state index in [-0.39, 0.29) is 6.04 Å². The molecule has 5 aromatic rings. The largest absolute Gasteiger partial charge is 0.460 e. The van der Waals surface area contributed by atoms with Gasteiger partial charge in [0.15, 0.2) is 30.2 Å². The van der Waals surface area contributed by atoms with E-state index in [4.69, 9.17) is 9.40 Å². The molecule has 0 N–H and O–H groups in total. The van der Waals surface area contributed by atoms with Crippen LogP contribution in [0.4, 0.5) is 0 Å². The first-order valence-corrected chi connectivity index (χ1v) is 13.6. The molecule has 2 atom stereocenters. The third-order valence-corrected chi connectivity index (χ3v) is 8.63. The summed E-state index contributed by atoms with van der Waals surface area (Å²) in [4.78, 5) is 5.21. The van der Waals surface area contributed by atoms with Crippen LogP contribution in [0.5, 0.6) is 0 Å². The van der Waals surface area contributed by atoms with E-state index in [9.17, 15) is 0 Å². The Hall–Kier alpha value is -4.05. The van der Waals surface area contributed by atoms with Crippen LogP contribution in [0.1, 0.15) is 53.8 Å². The van der Waals surface area contributed by atoms with E-state index in [0.717, 1.165) is 54.0 Å². The summed E-state index contributed by atoms with van der Waals surface area (Å²) in [6.07, 6.45) is 17.4. The van der Waals surface area contributed by atoms with Crippen LogP contribution in [0.25, 0.3) is 39.7 Å². The average Bonchev–Trinajstić information content (AvgIpc) is 3.33. The summed E-state index contributed by atoms with van der Waals surface area (Å²) >= 11 is 0. The second-order valence-corrected chi connectivity index (χ2v) is 10.6. The van der Waals surface area contributed by atoms with Crippen LogP contribution in [0.2, 0.25) is 0 Å². The Labute approximate surface area is 216 Å². The van der Waals surface area contributed by atoms with Gasteiger partial charge in [-0.15, -0.1) is 0 Å². The number of hydrogen-bond donors (Lipinski definition) is 0. The second kappa shape index (κ2) is 8.24. The fraction of sp³-hybridized carbons (Fsp3) is 0.242. The number of nitrogens with zero attached hydrogens (tertiary/aromatic N) is 3. The Kier molecular flexibility index (Phi) is 4.69. The van der Waals surface area contributed by atoms with Crippen molar-refractivity contribution in [3.05, 3.63) is 108 Å². The lowest BCUT2D eigenvalue weighted by Crippen LogP contribution is -2.48. The minimum atomic E-state index is 0.263. The fourth-order valence-corrected chi connectivity index (χ4v) is 6.94. The van der Waals surface area contributed by atoms with E-state index >= 15 is 0 Å². The number of benzene rings is 1. The molecule has 8 rings (SSSR count). The molecule has 3 aliphatic rings. The van der Waals surface area contributed by atoms with Gasteiger partial charge < -0.3 is 4.42 Å². The van der Waals surface area contributed by atoms with Gasteiger partial charge in [0.2, 0.25) is 11.4 Å². The first-order valence-electron chi connectivity index (χ1n) is 13.6. The monoisotopic (exact) mass is 483 g/mol. The van der Waals surface area contributed by atoms with Gasteiger partial charge in [0.25, 0.3) is 0 Å². The summed E-state index contributed by atoms with van der Waals surface area (Å²) in [6, 6.07) is 22.2. The van der Waals surface area contributed by atoms with E-state index in [2.05, 4.69) is 101 Å². The standard InChI is InChI=1S/C33H29N3O/c1-2-11-23-22(10-1)24-13-9-18-35-17-7-5-15-29(35)32-27(20-30(24)36-19-8-6-14-28(23)36)34-21-26-25-12-3-4-16-31(25)37-33(26)32/h1-2,5-11,14-15,17-19,21,24,30H,3-4,12-13,16,20H2/q+2. The second-order valence-electron chi connectivity index (χ2n) is 10.6. The van der Waals surface area contributed by atoms with Crippen molar-refractivity contribution in [2.45, 2.75) is 50.5 Å². The lowest BCUT2D eigenvalue weighted by Gasteiger charge is -2.30. The minimum absolute atomic E-state index is 0.263. The van der Waals surface area contributed by atoms with Crippen LogP contribution in [0.3, 0.4) is 0 Å². The molecule has 4 heteroatoms. The van der Waals surface area contributed by atoms with Gasteiger partial charge in [-0.05, 0) is 55.5 Å². The lowest BCUT2D eigenvalue weighted by atomic mass is 9.78. The van der Waals surface area contributed by atoms with Gasteiger partial charge in [-0.25, -0.2) is 0 Å². The SMILES string of the molecule is C1=C[n+]2ccccc2-c2c(ncc3c4c(oc23)CCCC4)CC2C(C1)c1ccccc1-c1cccc[n+]12. The van der Waals surface area contributed by atoms with Crippen molar-refractivity contribution in [2.24, 2.45) is 0 Å². The molecule has 4 nitrogen and oxygen atoms in total. The number of pyridine rings is 3. The zero-order valence-corrected chi connectivity index (χ0v) is 20.8. The van der Waals surface area contributed by atoms with Crippen LogP contribution in [0.15, 0.2) is 89.7 Å². The number of hydrogen-bond acceptors (Lipinski definition) is 2. The Morgan fingerprint density at radius 3 is 2.68 bits per heavy atom. The highest BCUT2D eigenvalue weighted by Gasteiger charge is 2.41. The molecule has 4 aromatic heterocycles. The van der Waals surface area contributed by atoms with Gasteiger partial charge in [-0.1, -0.05) is 18.2 Å². The van der Waals surface area contributed by atoms with Crippen LogP contribution in [-0.4, -0.2) is 4.98 Å². The molecule has 0 fully saturated rings. The molecule has 180 valence electrons. The van der Waals surface area contributed by atoms with Crippen molar-refractivity contribution in [3.8, 4) is 22.5 Å². The zero-order chi connectivity index (χ0) is 24.3. The summed E-state index contributed by atoms with van der Waals surface area (Å²) in [7, 11) is 0. The minimum Gasteiger partial charge on any atom is -0.460 e. The highest BCUT2D eigenvalue weighted by molar-refractivity contribution is 5.94. The predicted molar refractivity (Wildman–Crippen MR) is 144 cm³/mol. The van der Waals surface area contributed by atoms with Crippen molar-refractivity contribution in [3.63, 3.8) is 0 Å². The lowest BCUT2D eigenvalue weighted by molar-refractivity contribution is -0.718.